The molecule has 0 aliphatic carbocycles. The van der Waals surface area contributed by atoms with Crippen LogP contribution in [0.3, 0.4) is 0 Å². The summed E-state index contributed by atoms with van der Waals surface area (Å²) in [6.07, 6.45) is 47.3. The predicted molar refractivity (Wildman–Crippen MR) is 377 cm³/mol. The molecule has 0 bridgehead atoms. The number of esters is 4. The van der Waals surface area contributed by atoms with Gasteiger partial charge in [0.25, 0.3) is 0 Å². The lowest BCUT2D eigenvalue weighted by molar-refractivity contribution is -0.161. The fraction of sp³-hybridized carbons (Fsp3) is 0.946. The van der Waals surface area contributed by atoms with Gasteiger partial charge in [-0.3, -0.25) is 37.3 Å². The molecule has 0 rings (SSSR count). The van der Waals surface area contributed by atoms with Crippen molar-refractivity contribution in [2.24, 2.45) is 23.7 Å². The Morgan fingerprint density at radius 3 is 0.763 bits per heavy atom. The highest BCUT2D eigenvalue weighted by atomic mass is 31.2. The number of phosphoric acid groups is 2. The lowest BCUT2D eigenvalue weighted by Gasteiger charge is -2.21. The molecule has 19 heteroatoms. The lowest BCUT2D eigenvalue weighted by atomic mass is 9.99. The van der Waals surface area contributed by atoms with Crippen LogP contribution in [0.2, 0.25) is 0 Å². The Morgan fingerprint density at radius 2 is 0.516 bits per heavy atom. The van der Waals surface area contributed by atoms with Crippen LogP contribution < -0.4 is 0 Å². The Kier molecular flexibility index (Phi) is 62.2. The molecule has 6 atom stereocenters. The number of phosphoric ester groups is 2. The molecule has 0 aliphatic rings. The fourth-order valence-electron chi connectivity index (χ4n) is 11.2. The van der Waals surface area contributed by atoms with E-state index >= 15 is 0 Å². The molecular formula is C74H144O17P2. The maximum atomic E-state index is 13.0. The average Bonchev–Trinajstić information content (AvgIpc) is 3.22. The summed E-state index contributed by atoms with van der Waals surface area (Å²) in [4.78, 5) is 72.7. The van der Waals surface area contributed by atoms with Gasteiger partial charge in [-0.05, 0) is 49.4 Å². The summed E-state index contributed by atoms with van der Waals surface area (Å²) in [5.74, 6) is 0.901. The Morgan fingerprint density at radius 1 is 0.301 bits per heavy atom. The number of unbranched alkanes of at least 4 members (excludes halogenated alkanes) is 36. The van der Waals surface area contributed by atoms with Crippen LogP contribution in [-0.2, 0) is 65.4 Å². The van der Waals surface area contributed by atoms with Gasteiger partial charge in [-0.25, -0.2) is 9.13 Å². The zero-order valence-electron chi connectivity index (χ0n) is 60.9. The molecule has 0 amide bonds. The van der Waals surface area contributed by atoms with Crippen molar-refractivity contribution in [1.29, 1.82) is 0 Å². The van der Waals surface area contributed by atoms with Crippen LogP contribution >= 0.6 is 15.6 Å². The molecular weight excluding hydrogens is 1220 g/mol. The van der Waals surface area contributed by atoms with Crippen LogP contribution in [-0.4, -0.2) is 96.7 Å². The minimum Gasteiger partial charge on any atom is -0.462 e. The van der Waals surface area contributed by atoms with E-state index < -0.39 is 97.5 Å². The molecule has 0 aromatic heterocycles. The number of hydrogen-bond donors (Lipinski definition) is 3. The number of ether oxygens (including phenoxy) is 4. The highest BCUT2D eigenvalue weighted by Crippen LogP contribution is 2.45. The van der Waals surface area contributed by atoms with Crippen molar-refractivity contribution in [1.82, 2.24) is 0 Å². The Bertz CT molecular complexity index is 1840. The van der Waals surface area contributed by atoms with Crippen LogP contribution in [0.15, 0.2) is 0 Å². The smallest absolute Gasteiger partial charge is 0.462 e. The van der Waals surface area contributed by atoms with Crippen molar-refractivity contribution in [2.45, 2.75) is 388 Å². The summed E-state index contributed by atoms with van der Waals surface area (Å²) in [5, 5.41) is 10.6. The minimum atomic E-state index is -4.96. The zero-order valence-corrected chi connectivity index (χ0v) is 62.7. The van der Waals surface area contributed by atoms with E-state index in [1.807, 2.05) is 0 Å². The van der Waals surface area contributed by atoms with Crippen molar-refractivity contribution in [3.63, 3.8) is 0 Å². The van der Waals surface area contributed by atoms with Crippen molar-refractivity contribution in [2.75, 3.05) is 39.6 Å². The van der Waals surface area contributed by atoms with E-state index in [2.05, 4.69) is 55.4 Å². The molecule has 4 unspecified atom stereocenters. The first-order chi connectivity index (χ1) is 44.6. The van der Waals surface area contributed by atoms with Crippen LogP contribution in [0.4, 0.5) is 0 Å². The molecule has 0 heterocycles. The normalized spacial score (nSPS) is 14.5. The van der Waals surface area contributed by atoms with Gasteiger partial charge in [0.1, 0.15) is 19.3 Å². The monoisotopic (exact) mass is 1370 g/mol. The number of aliphatic hydroxyl groups is 1. The molecule has 0 radical (unpaired) electrons. The maximum absolute atomic E-state index is 13.0. The van der Waals surface area contributed by atoms with Gasteiger partial charge >= 0.3 is 39.5 Å². The highest BCUT2D eigenvalue weighted by Gasteiger charge is 2.30. The second-order valence-electron chi connectivity index (χ2n) is 28.4. The van der Waals surface area contributed by atoms with Crippen LogP contribution in [0.5, 0.6) is 0 Å². The van der Waals surface area contributed by atoms with Crippen LogP contribution in [0.1, 0.15) is 370 Å². The van der Waals surface area contributed by atoms with Crippen LogP contribution in [0, 0.1) is 23.7 Å². The molecule has 3 N–H and O–H groups in total. The van der Waals surface area contributed by atoms with Gasteiger partial charge < -0.3 is 33.8 Å². The maximum Gasteiger partial charge on any atom is 0.472 e. The summed E-state index contributed by atoms with van der Waals surface area (Å²) in [5.41, 5.74) is 0. The molecule has 0 aromatic rings. The summed E-state index contributed by atoms with van der Waals surface area (Å²) in [7, 11) is -9.91. The van der Waals surface area contributed by atoms with E-state index in [-0.39, 0.29) is 25.7 Å². The standard InChI is InChI=1S/C74H144O17P2/c1-9-67(8)53-45-37-29-23-24-32-41-49-57-74(79)91-69(60-84-71(76)54-46-38-30-22-18-20-27-35-43-51-65(4)5)62-88-92(80,81)86-58-68(75)59-87-93(82,83)89-63-70(61-85-72(77)55-47-39-33-25-28-36-44-52-66(6)7)90-73(78)56-48-40-31-21-17-15-13-11-10-12-14-16-19-26-34-42-50-64(2)3/h64-70,75H,9-63H2,1-8H3,(H,80,81)(H,82,83)/t67?,68?,69-,70-/m1/s1. The summed E-state index contributed by atoms with van der Waals surface area (Å²) in [6.45, 7) is 14.1. The van der Waals surface area contributed by atoms with Gasteiger partial charge in [-0.1, -0.05) is 319 Å². The molecule has 0 saturated heterocycles. The van der Waals surface area contributed by atoms with Crippen molar-refractivity contribution < 1.29 is 80.2 Å². The van der Waals surface area contributed by atoms with E-state index in [1.54, 1.807) is 0 Å². The van der Waals surface area contributed by atoms with Gasteiger partial charge in [0.05, 0.1) is 26.4 Å². The van der Waals surface area contributed by atoms with E-state index in [4.69, 9.17) is 37.0 Å². The van der Waals surface area contributed by atoms with Gasteiger partial charge in [-0.2, -0.15) is 0 Å². The first-order valence-electron chi connectivity index (χ1n) is 38.2. The van der Waals surface area contributed by atoms with Gasteiger partial charge in [0, 0.05) is 25.7 Å². The van der Waals surface area contributed by atoms with Gasteiger partial charge in [0.15, 0.2) is 12.2 Å². The van der Waals surface area contributed by atoms with E-state index in [0.717, 1.165) is 114 Å². The summed E-state index contributed by atoms with van der Waals surface area (Å²) < 4.78 is 68.4. The second kappa shape index (κ2) is 63.5. The number of hydrogen-bond acceptors (Lipinski definition) is 15. The van der Waals surface area contributed by atoms with Crippen molar-refractivity contribution in [3.8, 4) is 0 Å². The highest BCUT2D eigenvalue weighted by molar-refractivity contribution is 7.47. The van der Waals surface area contributed by atoms with Gasteiger partial charge in [0.2, 0.25) is 0 Å². The number of rotatable bonds is 71. The predicted octanol–water partition coefficient (Wildman–Crippen LogP) is 21.3. The first-order valence-corrected chi connectivity index (χ1v) is 41.2. The number of carbonyl (C=O) groups excluding carboxylic acids is 4. The quantitative estimate of drug-likeness (QED) is 0.0222. The molecule has 552 valence electrons. The second-order valence-corrected chi connectivity index (χ2v) is 31.3. The Hall–Kier alpha value is -1.94. The fourth-order valence-corrected chi connectivity index (χ4v) is 12.7. The third-order valence-electron chi connectivity index (χ3n) is 17.4. The summed E-state index contributed by atoms with van der Waals surface area (Å²) >= 11 is 0. The van der Waals surface area contributed by atoms with Crippen molar-refractivity contribution in [3.05, 3.63) is 0 Å². The van der Waals surface area contributed by atoms with Gasteiger partial charge in [-0.15, -0.1) is 0 Å². The number of carbonyl (C=O) groups is 4. The average molecular weight is 1370 g/mol. The lowest BCUT2D eigenvalue weighted by Crippen LogP contribution is -2.30. The third kappa shape index (κ3) is 67.0. The Labute approximate surface area is 568 Å². The third-order valence-corrected chi connectivity index (χ3v) is 19.3. The molecule has 0 spiro atoms. The summed E-state index contributed by atoms with van der Waals surface area (Å²) in [6, 6.07) is 0. The van der Waals surface area contributed by atoms with E-state index in [1.165, 1.54) is 167 Å². The molecule has 0 aliphatic heterocycles. The molecule has 0 fully saturated rings. The largest absolute Gasteiger partial charge is 0.472 e. The van der Waals surface area contributed by atoms with E-state index in [0.29, 0.717) is 31.6 Å². The van der Waals surface area contributed by atoms with E-state index in [9.17, 15) is 43.2 Å². The number of aliphatic hydroxyl groups excluding tert-OH is 1. The first kappa shape index (κ1) is 91.1. The zero-order chi connectivity index (χ0) is 68.9. The minimum absolute atomic E-state index is 0.104. The SMILES string of the molecule is CCC(C)CCCCCCCCCCC(=O)O[C@H](COC(=O)CCCCCCCCCCCC(C)C)COP(=O)(O)OCC(O)COP(=O)(O)OC[C@@H](COC(=O)CCCCCCCCCC(C)C)OC(=O)CCCCCCCCCCCCCCCCCCC(C)C. The van der Waals surface area contributed by atoms with Crippen molar-refractivity contribution >= 4 is 39.5 Å². The molecule has 0 aromatic carbocycles. The molecule has 17 nitrogen and oxygen atoms in total. The van der Waals surface area contributed by atoms with Crippen LogP contribution in [0.25, 0.3) is 0 Å². The topological polar surface area (TPSA) is 237 Å². The molecule has 0 saturated carbocycles. The Balaban J connectivity index is 5.22. The molecule has 93 heavy (non-hydrogen) atoms.